The van der Waals surface area contributed by atoms with Gasteiger partial charge in [0.1, 0.15) is 11.5 Å². The van der Waals surface area contributed by atoms with Crippen LogP contribution < -0.4 is 9.47 Å². The molecule has 10 heteroatoms. The first-order valence-electron chi connectivity index (χ1n) is 19.5. The standard InChI is InChI=1S/C23H40O.C19H32O.2H3O3P/c1-7-9-11-13-15-20-16-17-21(24-18-14-12-10-8-2)22(19(20)3)23(4,5)6;1-7-9-11-16-15(3)12-13-17(20-14-10-8-2)18(16)19(4,5)6;2*1-4(2)3/h16-17H,7-15,18H2,1-6H3;12-13H,7-11,14H2,1-6H3;2*1-3H. The molecule has 0 fully saturated rings. The molecule has 2 rings (SSSR count). The van der Waals surface area contributed by atoms with Gasteiger partial charge in [0.15, 0.2) is 0 Å². The van der Waals surface area contributed by atoms with Crippen molar-refractivity contribution in [3.63, 3.8) is 0 Å². The molecule has 0 aliphatic rings. The number of unbranched alkanes of at least 4 members (excludes halogenated alkanes) is 8. The SMILES string of the molecule is CCCCCCOc1ccc(CCCCCC)c(C)c1C(C)(C)C.CCCCOc1ccc(C)c(CCCC)c1C(C)(C)C.OP(O)O.OP(O)O. The third-order valence-corrected chi connectivity index (χ3v) is 8.64. The Morgan fingerprint density at radius 1 is 0.500 bits per heavy atom. The van der Waals surface area contributed by atoms with Crippen molar-refractivity contribution in [1.29, 1.82) is 0 Å². The van der Waals surface area contributed by atoms with Crippen LogP contribution in [0.1, 0.15) is 180 Å². The minimum atomic E-state index is -2.62. The summed E-state index contributed by atoms with van der Waals surface area (Å²) in [6.45, 7) is 29.0. The van der Waals surface area contributed by atoms with E-state index in [1.807, 2.05) is 0 Å². The highest BCUT2D eigenvalue weighted by Crippen LogP contribution is 2.38. The zero-order chi connectivity index (χ0) is 40.3. The van der Waals surface area contributed by atoms with E-state index in [2.05, 4.69) is 107 Å². The maximum atomic E-state index is 7.23. The molecular formula is C42H78O8P2. The first kappa shape index (κ1) is 52.8. The Hall–Kier alpha value is -1.34. The van der Waals surface area contributed by atoms with Gasteiger partial charge in [-0.1, -0.05) is 133 Å². The Bertz CT molecular complexity index is 1160. The van der Waals surface area contributed by atoms with E-state index in [-0.39, 0.29) is 10.8 Å². The van der Waals surface area contributed by atoms with E-state index in [4.69, 9.17) is 38.8 Å². The van der Waals surface area contributed by atoms with Crippen LogP contribution in [0.4, 0.5) is 0 Å². The average molecular weight is 773 g/mol. The fraction of sp³-hybridized carbons (Fsp3) is 0.714. The number of rotatable bonds is 18. The molecule has 8 nitrogen and oxygen atoms in total. The first-order valence-corrected chi connectivity index (χ1v) is 21.9. The van der Waals surface area contributed by atoms with E-state index in [1.165, 1.54) is 110 Å². The third-order valence-electron chi connectivity index (χ3n) is 8.64. The molecule has 0 atom stereocenters. The van der Waals surface area contributed by atoms with E-state index >= 15 is 0 Å². The Labute approximate surface area is 321 Å². The fourth-order valence-electron chi connectivity index (χ4n) is 6.18. The monoisotopic (exact) mass is 773 g/mol. The number of benzene rings is 2. The van der Waals surface area contributed by atoms with E-state index in [1.54, 1.807) is 0 Å². The molecule has 0 spiro atoms. The van der Waals surface area contributed by atoms with Crippen LogP contribution in [0.3, 0.4) is 0 Å². The van der Waals surface area contributed by atoms with Crippen molar-refractivity contribution in [2.24, 2.45) is 0 Å². The lowest BCUT2D eigenvalue weighted by atomic mass is 9.80. The molecule has 0 aliphatic heterocycles. The molecule has 2 aromatic rings. The summed E-state index contributed by atoms with van der Waals surface area (Å²) in [4.78, 5) is 43.4. The Kier molecular flexibility index (Phi) is 30.4. The Balaban J connectivity index is 0. The van der Waals surface area contributed by atoms with Crippen molar-refractivity contribution < 1.29 is 38.8 Å². The summed E-state index contributed by atoms with van der Waals surface area (Å²) in [6.07, 6.45) is 17.5. The lowest BCUT2D eigenvalue weighted by Gasteiger charge is -2.27. The van der Waals surface area contributed by atoms with Crippen LogP contribution in [0.5, 0.6) is 11.5 Å². The topological polar surface area (TPSA) is 140 Å². The first-order chi connectivity index (χ1) is 24.3. The van der Waals surface area contributed by atoms with Gasteiger partial charge in [0.05, 0.1) is 13.2 Å². The van der Waals surface area contributed by atoms with Gasteiger partial charge >= 0.3 is 17.2 Å². The maximum absolute atomic E-state index is 7.23. The minimum Gasteiger partial charge on any atom is -0.493 e. The molecule has 0 unspecified atom stereocenters. The lowest BCUT2D eigenvalue weighted by molar-refractivity contribution is 0.296. The molecule has 304 valence electrons. The number of hydrogen-bond donors (Lipinski definition) is 6. The zero-order valence-electron chi connectivity index (χ0n) is 35.0. The van der Waals surface area contributed by atoms with Crippen molar-refractivity contribution in [3.8, 4) is 11.5 Å². The van der Waals surface area contributed by atoms with Gasteiger partial charge in [-0.3, -0.25) is 0 Å². The van der Waals surface area contributed by atoms with E-state index in [0.717, 1.165) is 37.6 Å². The van der Waals surface area contributed by atoms with Crippen LogP contribution in [0.25, 0.3) is 0 Å². The van der Waals surface area contributed by atoms with Crippen molar-refractivity contribution in [2.75, 3.05) is 13.2 Å². The second-order valence-corrected chi connectivity index (χ2v) is 16.6. The molecule has 2 aromatic carbocycles. The number of aryl methyl sites for hydroxylation is 2. The molecule has 0 bridgehead atoms. The van der Waals surface area contributed by atoms with Crippen molar-refractivity contribution >= 4 is 17.2 Å². The minimum absolute atomic E-state index is 0.127. The largest absolute Gasteiger partial charge is 0.493 e. The number of ether oxygens (including phenoxy) is 2. The van der Waals surface area contributed by atoms with Gasteiger partial charge in [-0.05, 0) is 97.6 Å². The molecule has 0 amide bonds. The van der Waals surface area contributed by atoms with E-state index < -0.39 is 17.2 Å². The predicted molar refractivity (Wildman–Crippen MR) is 223 cm³/mol. The average Bonchev–Trinajstić information content (AvgIpc) is 3.02. The van der Waals surface area contributed by atoms with Crippen LogP contribution in [-0.4, -0.2) is 42.6 Å². The van der Waals surface area contributed by atoms with Crippen molar-refractivity contribution in [3.05, 3.63) is 57.6 Å². The predicted octanol–water partition coefficient (Wildman–Crippen LogP) is 11.6. The van der Waals surface area contributed by atoms with Gasteiger partial charge in [0, 0.05) is 11.1 Å². The van der Waals surface area contributed by atoms with Gasteiger partial charge in [-0.25, -0.2) is 0 Å². The Morgan fingerprint density at radius 2 is 0.923 bits per heavy atom. The van der Waals surface area contributed by atoms with Crippen LogP contribution >= 0.6 is 17.2 Å². The molecule has 0 aromatic heterocycles. The van der Waals surface area contributed by atoms with Crippen LogP contribution in [0.15, 0.2) is 24.3 Å². The maximum Gasteiger partial charge on any atom is 0.324 e. The highest BCUT2D eigenvalue weighted by molar-refractivity contribution is 7.38. The molecule has 0 aliphatic carbocycles. The van der Waals surface area contributed by atoms with Crippen molar-refractivity contribution in [2.45, 2.75) is 184 Å². The van der Waals surface area contributed by atoms with Gasteiger partial charge in [0.25, 0.3) is 0 Å². The summed E-state index contributed by atoms with van der Waals surface area (Å²) in [7, 11) is -5.24. The Morgan fingerprint density at radius 3 is 1.38 bits per heavy atom. The van der Waals surface area contributed by atoms with E-state index in [9.17, 15) is 0 Å². The zero-order valence-corrected chi connectivity index (χ0v) is 36.8. The molecule has 6 N–H and O–H groups in total. The summed E-state index contributed by atoms with van der Waals surface area (Å²) < 4.78 is 12.3. The van der Waals surface area contributed by atoms with Crippen LogP contribution in [-0.2, 0) is 23.7 Å². The highest BCUT2D eigenvalue weighted by Gasteiger charge is 2.25. The summed E-state index contributed by atoms with van der Waals surface area (Å²) >= 11 is 0. The van der Waals surface area contributed by atoms with Crippen molar-refractivity contribution in [1.82, 2.24) is 0 Å². The lowest BCUT2D eigenvalue weighted by Crippen LogP contribution is -2.18. The normalized spacial score (nSPS) is 11.3. The second-order valence-electron chi connectivity index (χ2n) is 15.5. The number of hydrogen-bond acceptors (Lipinski definition) is 8. The fourth-order valence-corrected chi connectivity index (χ4v) is 6.18. The summed E-state index contributed by atoms with van der Waals surface area (Å²) in [5, 5.41) is 0. The molecule has 0 saturated heterocycles. The van der Waals surface area contributed by atoms with E-state index in [0.29, 0.717) is 0 Å². The van der Waals surface area contributed by atoms with Gasteiger partial charge in [-0.15, -0.1) is 0 Å². The smallest absolute Gasteiger partial charge is 0.324 e. The summed E-state index contributed by atoms with van der Waals surface area (Å²) in [5.74, 6) is 2.21. The van der Waals surface area contributed by atoms with Gasteiger partial charge in [-0.2, -0.15) is 0 Å². The molecule has 0 saturated carbocycles. The van der Waals surface area contributed by atoms with Crippen LogP contribution in [0.2, 0.25) is 0 Å². The molecule has 52 heavy (non-hydrogen) atoms. The highest BCUT2D eigenvalue weighted by atomic mass is 31.2. The van der Waals surface area contributed by atoms with Gasteiger partial charge in [0.2, 0.25) is 0 Å². The van der Waals surface area contributed by atoms with Crippen LogP contribution in [0, 0.1) is 13.8 Å². The summed E-state index contributed by atoms with van der Waals surface area (Å²) in [5.41, 5.74) is 8.96. The second kappa shape index (κ2) is 29.9. The third kappa shape index (κ3) is 24.9. The van der Waals surface area contributed by atoms with Gasteiger partial charge < -0.3 is 38.8 Å². The molecule has 0 radical (unpaired) electrons. The quantitative estimate of drug-likeness (QED) is 0.0650. The molecule has 0 heterocycles. The summed E-state index contributed by atoms with van der Waals surface area (Å²) in [6, 6.07) is 8.92. The molecular weight excluding hydrogens is 694 g/mol.